The minimum absolute atomic E-state index is 0.000666. The van der Waals surface area contributed by atoms with E-state index in [0.717, 1.165) is 99.6 Å². The Morgan fingerprint density at radius 3 is 2.40 bits per heavy atom. The second-order valence-electron chi connectivity index (χ2n) is 15.6. The Bertz CT molecular complexity index is 2040. The summed E-state index contributed by atoms with van der Waals surface area (Å²) in [7, 11) is 4.16. The Balaban J connectivity index is 1.01. The number of likely N-dealkylation sites (N-methyl/N-ethyl adjacent to an activating group) is 1. The number of carbonyl (C=O) groups is 3. The Labute approximate surface area is 321 Å². The Kier molecular flexibility index (Phi) is 9.99. The van der Waals surface area contributed by atoms with Gasteiger partial charge in [-0.3, -0.25) is 24.0 Å². The van der Waals surface area contributed by atoms with Crippen LogP contribution in [-0.4, -0.2) is 107 Å². The van der Waals surface area contributed by atoms with E-state index in [1.807, 2.05) is 41.4 Å². The Morgan fingerprint density at radius 1 is 0.945 bits per heavy atom. The van der Waals surface area contributed by atoms with Crippen molar-refractivity contribution >= 4 is 29.1 Å². The van der Waals surface area contributed by atoms with Crippen molar-refractivity contribution in [1.82, 2.24) is 40.1 Å². The zero-order valence-electron chi connectivity index (χ0n) is 31.9. The molecular weight excluding hydrogens is 697 g/mol. The number of anilines is 2. The normalized spacial score (nSPS) is 20.9. The molecule has 2 saturated carbocycles. The van der Waals surface area contributed by atoms with Gasteiger partial charge in [0.1, 0.15) is 17.2 Å². The number of pyridine rings is 1. The van der Waals surface area contributed by atoms with Gasteiger partial charge in [0.05, 0.1) is 46.7 Å². The first kappa shape index (κ1) is 36.6. The largest absolute Gasteiger partial charge is 0.393 e. The molecule has 5 heterocycles. The average molecular weight is 749 g/mol. The van der Waals surface area contributed by atoms with Crippen LogP contribution in [0.3, 0.4) is 0 Å². The molecular formula is C40H52N12O3. The Hall–Kier alpha value is -5.41. The van der Waals surface area contributed by atoms with E-state index in [2.05, 4.69) is 62.4 Å². The number of para-hydroxylation sites is 1. The summed E-state index contributed by atoms with van der Waals surface area (Å²) in [6.07, 6.45) is 7.87. The standard InChI is InChI=1S/C40H52N12O3/c1-4-33-37-29(20-43-52(37)27-22-50(23-27)21-26-7-5-10-31(44-26)40(55)51-17-15-48(2)16-18-51)28-8-6-9-30(36(28)49(33)3)46-32(35(42)39(54)45-25-13-14-25)19-34(41)47-38(53)24-11-12-24/h5-10,19-20,24-25,27,33,46H,4,11-18,21-23,41-42H2,1-3H3,(H,45,54)(H,47,53)/b34-19+,35-32+. The molecule has 3 aliphatic heterocycles. The van der Waals surface area contributed by atoms with Gasteiger partial charge in [0.2, 0.25) is 5.91 Å². The maximum atomic E-state index is 13.2. The molecule has 2 aliphatic carbocycles. The number of hydrogen-bond acceptors (Lipinski definition) is 11. The number of nitrogens with zero attached hydrogens (tertiary/aromatic N) is 7. The first-order valence-corrected chi connectivity index (χ1v) is 19.5. The van der Waals surface area contributed by atoms with Gasteiger partial charge in [-0.15, -0.1) is 0 Å². The van der Waals surface area contributed by atoms with Crippen molar-refractivity contribution in [2.24, 2.45) is 17.4 Å². The van der Waals surface area contributed by atoms with E-state index in [4.69, 9.17) is 21.5 Å². The lowest BCUT2D eigenvalue weighted by Crippen LogP contribution is -2.48. The van der Waals surface area contributed by atoms with E-state index >= 15 is 0 Å². The van der Waals surface area contributed by atoms with E-state index in [1.165, 1.54) is 11.8 Å². The number of hydrogen-bond donors (Lipinski definition) is 5. The van der Waals surface area contributed by atoms with Crippen LogP contribution >= 0.6 is 0 Å². The fourth-order valence-electron chi connectivity index (χ4n) is 7.89. The second kappa shape index (κ2) is 15.0. The molecule has 3 aromatic rings. The first-order valence-electron chi connectivity index (χ1n) is 19.5. The number of nitrogens with one attached hydrogen (secondary N) is 3. The van der Waals surface area contributed by atoms with Crippen LogP contribution < -0.4 is 32.3 Å². The van der Waals surface area contributed by atoms with E-state index < -0.39 is 0 Å². The summed E-state index contributed by atoms with van der Waals surface area (Å²) in [5.74, 6) is -0.421. The number of fused-ring (bicyclic) bond motifs is 3. The third kappa shape index (κ3) is 7.63. The van der Waals surface area contributed by atoms with Gasteiger partial charge in [-0.1, -0.05) is 25.1 Å². The van der Waals surface area contributed by atoms with Crippen molar-refractivity contribution in [3.63, 3.8) is 0 Å². The monoisotopic (exact) mass is 748 g/mol. The minimum atomic E-state index is -0.382. The zero-order chi connectivity index (χ0) is 38.4. The van der Waals surface area contributed by atoms with Crippen molar-refractivity contribution in [3.8, 4) is 11.1 Å². The molecule has 0 spiro atoms. The van der Waals surface area contributed by atoms with Crippen molar-refractivity contribution in [1.29, 1.82) is 0 Å². The molecule has 55 heavy (non-hydrogen) atoms. The molecule has 0 radical (unpaired) electrons. The van der Waals surface area contributed by atoms with Gasteiger partial charge in [0.15, 0.2) is 0 Å². The molecule has 5 aliphatic rings. The van der Waals surface area contributed by atoms with Gasteiger partial charge in [0.25, 0.3) is 11.8 Å². The lowest BCUT2D eigenvalue weighted by atomic mass is 9.91. The van der Waals surface area contributed by atoms with Crippen molar-refractivity contribution in [2.75, 3.05) is 63.6 Å². The molecule has 15 nitrogen and oxygen atoms in total. The fraction of sp³-hybridized carbons (Fsp3) is 0.475. The third-order valence-electron chi connectivity index (χ3n) is 11.4. The van der Waals surface area contributed by atoms with Crippen LogP contribution in [0, 0.1) is 5.92 Å². The smallest absolute Gasteiger partial charge is 0.272 e. The molecule has 1 atom stereocenters. The topological polar surface area (TPSA) is 183 Å². The Morgan fingerprint density at radius 2 is 1.69 bits per heavy atom. The molecule has 15 heteroatoms. The van der Waals surface area contributed by atoms with Gasteiger partial charge in [-0.25, -0.2) is 4.98 Å². The maximum Gasteiger partial charge on any atom is 0.272 e. The lowest BCUT2D eigenvalue weighted by Gasteiger charge is -2.43. The highest BCUT2D eigenvalue weighted by molar-refractivity contribution is 5.97. The summed E-state index contributed by atoms with van der Waals surface area (Å²) in [5.41, 5.74) is 19.4. The molecule has 0 bridgehead atoms. The highest BCUT2D eigenvalue weighted by Crippen LogP contribution is 2.49. The highest BCUT2D eigenvalue weighted by atomic mass is 16.2. The summed E-state index contributed by atoms with van der Waals surface area (Å²) >= 11 is 0. The van der Waals surface area contributed by atoms with Gasteiger partial charge >= 0.3 is 0 Å². The van der Waals surface area contributed by atoms with E-state index in [-0.39, 0.29) is 53.3 Å². The number of aromatic nitrogens is 3. The number of amides is 3. The maximum absolute atomic E-state index is 13.2. The zero-order valence-corrected chi connectivity index (χ0v) is 31.9. The summed E-state index contributed by atoms with van der Waals surface area (Å²) in [6.45, 7) is 7.68. The molecule has 1 aromatic carbocycles. The van der Waals surface area contributed by atoms with E-state index in [9.17, 15) is 14.4 Å². The van der Waals surface area contributed by atoms with Crippen LogP contribution in [0.5, 0.6) is 0 Å². The summed E-state index contributed by atoms with van der Waals surface area (Å²) in [4.78, 5) is 52.3. The molecule has 8 rings (SSSR count). The molecule has 3 amide bonds. The first-order chi connectivity index (χ1) is 26.6. The van der Waals surface area contributed by atoms with Gasteiger partial charge in [-0.05, 0) is 57.4 Å². The SMILES string of the molecule is CCC1c2c(cnn2C2CN(Cc3cccc(C(=O)N4CCN(C)CC4)n3)C2)-c2cccc(NC(/C=C(\N)NC(=O)C3CC3)=C(/N)C(=O)NC3CC3)c2N1C. The van der Waals surface area contributed by atoms with Crippen LogP contribution in [0.25, 0.3) is 11.1 Å². The fourth-order valence-corrected chi connectivity index (χ4v) is 7.89. The van der Waals surface area contributed by atoms with Gasteiger partial charge in [0, 0.05) is 82.0 Å². The summed E-state index contributed by atoms with van der Waals surface area (Å²) < 4.78 is 2.19. The molecule has 4 fully saturated rings. The predicted octanol–water partition coefficient (Wildman–Crippen LogP) is 2.48. The number of rotatable bonds is 12. The van der Waals surface area contributed by atoms with E-state index in [1.54, 1.807) is 0 Å². The number of piperazine rings is 1. The number of benzene rings is 1. The van der Waals surface area contributed by atoms with Crippen molar-refractivity contribution < 1.29 is 14.4 Å². The van der Waals surface area contributed by atoms with Crippen molar-refractivity contribution in [3.05, 3.63) is 83.0 Å². The lowest BCUT2D eigenvalue weighted by molar-refractivity contribution is -0.121. The van der Waals surface area contributed by atoms with Crippen LogP contribution in [0.1, 0.15) is 73.0 Å². The quantitative estimate of drug-likeness (QED) is 0.136. The average Bonchev–Trinajstić information content (AvgIpc) is 4.11. The van der Waals surface area contributed by atoms with E-state index in [0.29, 0.717) is 17.9 Å². The third-order valence-corrected chi connectivity index (χ3v) is 11.4. The number of carbonyl (C=O) groups excluding carboxylic acids is 3. The molecule has 1 unspecified atom stereocenters. The minimum Gasteiger partial charge on any atom is -0.393 e. The summed E-state index contributed by atoms with van der Waals surface area (Å²) in [5, 5.41) is 14.1. The highest BCUT2D eigenvalue weighted by Gasteiger charge is 2.38. The number of nitrogens with two attached hydrogens (primary N) is 2. The predicted molar refractivity (Wildman–Crippen MR) is 210 cm³/mol. The number of likely N-dealkylation sites (tertiary alicyclic amines) is 1. The van der Waals surface area contributed by atoms with Crippen molar-refractivity contribution in [2.45, 2.75) is 63.7 Å². The summed E-state index contributed by atoms with van der Waals surface area (Å²) in [6, 6.07) is 12.1. The number of allylic oxidation sites excluding steroid dienone is 1. The van der Waals surface area contributed by atoms with Crippen LogP contribution in [0.15, 0.2) is 65.9 Å². The molecule has 7 N–H and O–H groups in total. The molecule has 2 aromatic heterocycles. The molecule has 290 valence electrons. The van der Waals surface area contributed by atoms with Gasteiger partial charge in [-0.2, -0.15) is 5.10 Å². The van der Waals surface area contributed by atoms with Crippen LogP contribution in [0.2, 0.25) is 0 Å². The second-order valence-corrected chi connectivity index (χ2v) is 15.6. The van der Waals surface area contributed by atoms with Crippen LogP contribution in [0.4, 0.5) is 11.4 Å². The molecule has 2 saturated heterocycles. The van der Waals surface area contributed by atoms with Crippen LogP contribution in [-0.2, 0) is 16.1 Å². The van der Waals surface area contributed by atoms with Gasteiger partial charge < -0.3 is 42.1 Å².